The first-order valence-corrected chi connectivity index (χ1v) is 7.50. The number of rotatable bonds is 3. The van der Waals surface area contributed by atoms with Crippen molar-refractivity contribution >= 4 is 23.0 Å². The second-order valence-corrected chi connectivity index (χ2v) is 6.16. The number of hydrogen-bond acceptors (Lipinski definition) is 3. The average molecular weight is 263 g/mol. The van der Waals surface area contributed by atoms with E-state index in [0.29, 0.717) is 11.8 Å². The molecule has 1 aliphatic heterocycles. The molecule has 2 aliphatic rings. The molecule has 3 nitrogen and oxygen atoms in total. The first-order valence-electron chi connectivity index (χ1n) is 6.62. The number of ketones is 1. The van der Waals surface area contributed by atoms with Crippen molar-refractivity contribution in [3.63, 3.8) is 0 Å². The van der Waals surface area contributed by atoms with Gasteiger partial charge in [-0.1, -0.05) is 6.07 Å². The molecule has 0 aromatic carbocycles. The Morgan fingerprint density at radius 2 is 1.83 bits per heavy atom. The van der Waals surface area contributed by atoms with E-state index in [0.717, 1.165) is 43.6 Å². The molecular formula is C14H17NO2S. The molecule has 1 aromatic heterocycles. The Kier molecular flexibility index (Phi) is 3.20. The fraction of sp³-hybridized carbons (Fsp3) is 0.571. The van der Waals surface area contributed by atoms with E-state index in [1.165, 1.54) is 11.3 Å². The minimum absolute atomic E-state index is 0.118. The van der Waals surface area contributed by atoms with E-state index in [9.17, 15) is 9.59 Å². The molecule has 18 heavy (non-hydrogen) atoms. The second kappa shape index (κ2) is 4.84. The van der Waals surface area contributed by atoms with Gasteiger partial charge in [-0.15, -0.1) is 11.3 Å². The third-order valence-electron chi connectivity index (χ3n) is 3.87. The Hall–Kier alpha value is -1.16. The largest absolute Gasteiger partial charge is 0.342 e. The minimum atomic E-state index is 0.118. The van der Waals surface area contributed by atoms with Crippen molar-refractivity contribution in [2.45, 2.75) is 25.7 Å². The maximum Gasteiger partial charge on any atom is 0.225 e. The number of carbonyl (C=O) groups is 2. The summed E-state index contributed by atoms with van der Waals surface area (Å²) in [5, 5.41) is 1.94. The third-order valence-corrected chi connectivity index (χ3v) is 4.75. The van der Waals surface area contributed by atoms with Gasteiger partial charge in [0.1, 0.15) is 0 Å². The molecule has 1 saturated carbocycles. The van der Waals surface area contributed by atoms with Gasteiger partial charge in [-0.05, 0) is 37.1 Å². The van der Waals surface area contributed by atoms with Gasteiger partial charge in [0.2, 0.25) is 5.91 Å². The van der Waals surface area contributed by atoms with Gasteiger partial charge in [0.15, 0.2) is 5.78 Å². The van der Waals surface area contributed by atoms with Crippen LogP contribution in [-0.2, 0) is 4.79 Å². The van der Waals surface area contributed by atoms with Crippen molar-refractivity contribution in [2.24, 2.45) is 11.8 Å². The lowest BCUT2D eigenvalue weighted by Crippen LogP contribution is -2.40. The predicted octanol–water partition coefficient (Wildman–Crippen LogP) is 2.58. The standard InChI is InChI=1S/C14H17NO2S/c16-13(12-2-1-9-18-12)10-5-7-15(8-6-10)14(17)11-3-4-11/h1-2,9-11H,3-8H2. The summed E-state index contributed by atoms with van der Waals surface area (Å²) < 4.78 is 0. The van der Waals surface area contributed by atoms with Crippen LogP contribution in [-0.4, -0.2) is 29.7 Å². The van der Waals surface area contributed by atoms with Crippen LogP contribution in [0.4, 0.5) is 0 Å². The number of carbonyl (C=O) groups excluding carboxylic acids is 2. The van der Waals surface area contributed by atoms with E-state index in [1.807, 2.05) is 22.4 Å². The maximum atomic E-state index is 12.2. The number of piperidine rings is 1. The van der Waals surface area contributed by atoms with Crippen molar-refractivity contribution in [3.05, 3.63) is 22.4 Å². The van der Waals surface area contributed by atoms with Crippen molar-refractivity contribution < 1.29 is 9.59 Å². The zero-order valence-electron chi connectivity index (χ0n) is 10.3. The van der Waals surface area contributed by atoms with Crippen molar-refractivity contribution in [3.8, 4) is 0 Å². The van der Waals surface area contributed by atoms with E-state index in [1.54, 1.807) is 0 Å². The van der Waals surface area contributed by atoms with Crippen LogP contribution in [0.15, 0.2) is 17.5 Å². The molecule has 1 aliphatic carbocycles. The highest BCUT2D eigenvalue weighted by Gasteiger charge is 2.36. The first-order chi connectivity index (χ1) is 8.75. The Labute approximate surface area is 111 Å². The molecule has 2 fully saturated rings. The van der Waals surface area contributed by atoms with Crippen molar-refractivity contribution in [1.29, 1.82) is 0 Å². The van der Waals surface area contributed by atoms with Gasteiger partial charge in [-0.2, -0.15) is 0 Å². The topological polar surface area (TPSA) is 37.4 Å². The number of hydrogen-bond donors (Lipinski definition) is 0. The van der Waals surface area contributed by atoms with Gasteiger partial charge in [0.25, 0.3) is 0 Å². The quantitative estimate of drug-likeness (QED) is 0.786. The summed E-state index contributed by atoms with van der Waals surface area (Å²) in [5.41, 5.74) is 0. The molecule has 2 heterocycles. The smallest absolute Gasteiger partial charge is 0.225 e. The van der Waals surface area contributed by atoms with E-state index >= 15 is 0 Å². The zero-order chi connectivity index (χ0) is 12.5. The van der Waals surface area contributed by atoms with Gasteiger partial charge >= 0.3 is 0 Å². The molecule has 0 unspecified atom stereocenters. The lowest BCUT2D eigenvalue weighted by Gasteiger charge is -2.31. The van der Waals surface area contributed by atoms with E-state index < -0.39 is 0 Å². The van der Waals surface area contributed by atoms with Gasteiger partial charge in [0, 0.05) is 24.9 Å². The Morgan fingerprint density at radius 3 is 2.39 bits per heavy atom. The monoisotopic (exact) mass is 263 g/mol. The normalized spacial score (nSPS) is 21.0. The highest BCUT2D eigenvalue weighted by atomic mass is 32.1. The number of likely N-dealkylation sites (tertiary alicyclic amines) is 1. The summed E-state index contributed by atoms with van der Waals surface area (Å²) in [4.78, 5) is 26.9. The minimum Gasteiger partial charge on any atom is -0.342 e. The highest BCUT2D eigenvalue weighted by molar-refractivity contribution is 7.12. The first kappa shape index (κ1) is 11.9. The van der Waals surface area contributed by atoms with E-state index in [2.05, 4.69) is 0 Å². The van der Waals surface area contributed by atoms with Crippen LogP contribution in [0.5, 0.6) is 0 Å². The Bertz CT molecular complexity index is 442. The van der Waals surface area contributed by atoms with Crippen molar-refractivity contribution in [2.75, 3.05) is 13.1 Å². The summed E-state index contributed by atoms with van der Waals surface area (Å²) in [5.74, 6) is 1.00. The van der Waals surface area contributed by atoms with Gasteiger partial charge in [0.05, 0.1) is 4.88 Å². The Morgan fingerprint density at radius 1 is 1.11 bits per heavy atom. The lowest BCUT2D eigenvalue weighted by atomic mass is 9.91. The van der Waals surface area contributed by atoms with Crippen LogP contribution in [0.25, 0.3) is 0 Å². The van der Waals surface area contributed by atoms with E-state index in [4.69, 9.17) is 0 Å². The molecular weight excluding hydrogens is 246 g/mol. The van der Waals surface area contributed by atoms with E-state index in [-0.39, 0.29) is 11.7 Å². The summed E-state index contributed by atoms with van der Waals surface area (Å²) in [6.07, 6.45) is 3.78. The molecule has 96 valence electrons. The number of thiophene rings is 1. The fourth-order valence-electron chi connectivity index (χ4n) is 2.57. The van der Waals surface area contributed by atoms with Gasteiger partial charge < -0.3 is 4.90 Å². The molecule has 0 N–H and O–H groups in total. The number of nitrogens with zero attached hydrogens (tertiary/aromatic N) is 1. The third kappa shape index (κ3) is 2.34. The summed E-state index contributed by atoms with van der Waals surface area (Å²) in [6.45, 7) is 1.52. The lowest BCUT2D eigenvalue weighted by molar-refractivity contribution is -0.133. The predicted molar refractivity (Wildman–Crippen MR) is 70.7 cm³/mol. The van der Waals surface area contributed by atoms with Gasteiger partial charge in [-0.25, -0.2) is 0 Å². The van der Waals surface area contributed by atoms with Gasteiger partial charge in [-0.3, -0.25) is 9.59 Å². The molecule has 1 amide bonds. The highest BCUT2D eigenvalue weighted by Crippen LogP contribution is 2.33. The van der Waals surface area contributed by atoms with Crippen LogP contribution in [0.1, 0.15) is 35.4 Å². The maximum absolute atomic E-state index is 12.2. The molecule has 4 heteroatoms. The average Bonchev–Trinajstić information content (AvgIpc) is 3.12. The number of Topliss-reactive ketones (excluding diaryl/α,β-unsaturated/α-hetero) is 1. The molecule has 0 bridgehead atoms. The molecule has 0 spiro atoms. The van der Waals surface area contributed by atoms with Crippen LogP contribution in [0, 0.1) is 11.8 Å². The summed E-state index contributed by atoms with van der Waals surface area (Å²) in [7, 11) is 0. The summed E-state index contributed by atoms with van der Waals surface area (Å²) >= 11 is 1.52. The molecule has 3 rings (SSSR count). The van der Waals surface area contributed by atoms with Crippen LogP contribution < -0.4 is 0 Å². The number of amides is 1. The van der Waals surface area contributed by atoms with Crippen LogP contribution in [0.3, 0.4) is 0 Å². The second-order valence-electron chi connectivity index (χ2n) is 5.22. The molecule has 0 radical (unpaired) electrons. The Balaban J connectivity index is 1.56. The molecule has 0 atom stereocenters. The van der Waals surface area contributed by atoms with Crippen LogP contribution in [0.2, 0.25) is 0 Å². The van der Waals surface area contributed by atoms with Crippen LogP contribution >= 0.6 is 11.3 Å². The zero-order valence-corrected chi connectivity index (χ0v) is 11.1. The summed E-state index contributed by atoms with van der Waals surface area (Å²) in [6, 6.07) is 3.82. The molecule has 1 saturated heterocycles. The molecule has 1 aromatic rings. The fourth-order valence-corrected chi connectivity index (χ4v) is 3.31. The van der Waals surface area contributed by atoms with Crippen molar-refractivity contribution in [1.82, 2.24) is 4.90 Å². The SMILES string of the molecule is O=C(c1cccs1)C1CCN(C(=O)C2CC2)CC1.